The predicted octanol–water partition coefficient (Wildman–Crippen LogP) is 3.56. The van der Waals surface area contributed by atoms with Gasteiger partial charge in [0.05, 0.1) is 0 Å². The Balaban J connectivity index is 3.38. The fourth-order valence-corrected chi connectivity index (χ4v) is 1.91. The van der Waals surface area contributed by atoms with Gasteiger partial charge >= 0.3 is 0 Å². The highest BCUT2D eigenvalue weighted by molar-refractivity contribution is 5.65. The summed E-state index contributed by atoms with van der Waals surface area (Å²) in [5.41, 5.74) is 10.7. The number of nitrogens with one attached hydrogen (secondary N) is 1. The molecule has 0 unspecified atom stereocenters. The molecule has 15 heavy (non-hydrogen) atoms. The van der Waals surface area contributed by atoms with Gasteiger partial charge in [-0.1, -0.05) is 27.7 Å². The summed E-state index contributed by atoms with van der Waals surface area (Å²) in [5, 5.41) is 3.30. The molecule has 0 bridgehead atoms. The third-order valence-electron chi connectivity index (χ3n) is 2.72. The number of rotatable bonds is 3. The van der Waals surface area contributed by atoms with E-state index in [1.54, 1.807) is 0 Å². The molecule has 3 N–H and O–H groups in total. The highest BCUT2D eigenvalue weighted by atomic mass is 14.8. The van der Waals surface area contributed by atoms with Crippen LogP contribution in [-0.4, -0.2) is 7.05 Å². The molecule has 0 aliphatic rings. The highest BCUT2D eigenvalue weighted by Crippen LogP contribution is 2.34. The molecule has 0 aliphatic carbocycles. The quantitative estimate of drug-likeness (QED) is 0.742. The molecule has 1 aromatic carbocycles. The van der Waals surface area contributed by atoms with Crippen LogP contribution >= 0.6 is 0 Å². The Hall–Kier alpha value is -1.18. The van der Waals surface area contributed by atoms with Gasteiger partial charge in [0.15, 0.2) is 0 Å². The van der Waals surface area contributed by atoms with E-state index in [0.717, 1.165) is 5.69 Å². The van der Waals surface area contributed by atoms with Crippen LogP contribution < -0.4 is 11.1 Å². The minimum atomic E-state index is 0.494. The van der Waals surface area contributed by atoms with Gasteiger partial charge in [-0.15, -0.1) is 0 Å². The Labute approximate surface area is 92.9 Å². The summed E-state index contributed by atoms with van der Waals surface area (Å²) in [6.07, 6.45) is 0. The second kappa shape index (κ2) is 4.56. The third kappa shape index (κ3) is 2.44. The maximum atomic E-state index is 5.93. The standard InChI is InChI=1S/C13H22N2/c1-8(2)11-6-10(14)7-12(9(3)4)13(11)15-5/h6-9,15H,14H2,1-5H3. The van der Waals surface area contributed by atoms with E-state index < -0.39 is 0 Å². The fourth-order valence-electron chi connectivity index (χ4n) is 1.91. The summed E-state index contributed by atoms with van der Waals surface area (Å²) in [5.74, 6) is 0.988. The van der Waals surface area contributed by atoms with Crippen LogP contribution in [0.25, 0.3) is 0 Å². The van der Waals surface area contributed by atoms with Gasteiger partial charge in [0, 0.05) is 18.4 Å². The molecule has 0 amide bonds. The van der Waals surface area contributed by atoms with Crippen LogP contribution in [0, 0.1) is 0 Å². The molecule has 0 saturated heterocycles. The van der Waals surface area contributed by atoms with Crippen LogP contribution in [0.2, 0.25) is 0 Å². The summed E-state index contributed by atoms with van der Waals surface area (Å²) in [4.78, 5) is 0. The van der Waals surface area contributed by atoms with Crippen molar-refractivity contribution in [2.75, 3.05) is 18.1 Å². The molecule has 0 atom stereocenters. The first-order chi connectivity index (χ1) is 6.97. The zero-order valence-electron chi connectivity index (χ0n) is 10.4. The molecule has 0 saturated carbocycles. The van der Waals surface area contributed by atoms with Gasteiger partial charge in [0.1, 0.15) is 0 Å². The second-order valence-electron chi connectivity index (χ2n) is 4.63. The lowest BCUT2D eigenvalue weighted by Crippen LogP contribution is -2.05. The van der Waals surface area contributed by atoms with E-state index in [0.29, 0.717) is 11.8 Å². The number of nitrogens with two attached hydrogens (primary N) is 1. The lowest BCUT2D eigenvalue weighted by atomic mass is 9.92. The van der Waals surface area contributed by atoms with Crippen LogP contribution in [0.3, 0.4) is 0 Å². The summed E-state index contributed by atoms with van der Waals surface area (Å²) < 4.78 is 0. The van der Waals surface area contributed by atoms with Crippen LogP contribution in [0.5, 0.6) is 0 Å². The van der Waals surface area contributed by atoms with Crippen molar-refractivity contribution in [3.8, 4) is 0 Å². The summed E-state index contributed by atoms with van der Waals surface area (Å²) in [7, 11) is 1.98. The van der Waals surface area contributed by atoms with Gasteiger partial charge in [0.2, 0.25) is 0 Å². The molecule has 2 heteroatoms. The van der Waals surface area contributed by atoms with E-state index >= 15 is 0 Å². The van der Waals surface area contributed by atoms with E-state index in [2.05, 4.69) is 45.1 Å². The second-order valence-corrected chi connectivity index (χ2v) is 4.63. The molecule has 0 aromatic heterocycles. The van der Waals surface area contributed by atoms with Crippen LogP contribution in [0.4, 0.5) is 11.4 Å². The number of hydrogen-bond donors (Lipinski definition) is 2. The lowest BCUT2D eigenvalue weighted by Gasteiger charge is -2.20. The SMILES string of the molecule is CNc1c(C(C)C)cc(N)cc1C(C)C. The topological polar surface area (TPSA) is 38.0 Å². The molecule has 0 fully saturated rings. The van der Waals surface area contributed by atoms with Crippen molar-refractivity contribution < 1.29 is 0 Å². The molecule has 0 heterocycles. The van der Waals surface area contributed by atoms with Crippen LogP contribution in [0.1, 0.15) is 50.7 Å². The monoisotopic (exact) mass is 206 g/mol. The smallest absolute Gasteiger partial charge is 0.0409 e. The molecular formula is C13H22N2. The molecule has 1 rings (SSSR count). The average molecular weight is 206 g/mol. The summed E-state index contributed by atoms with van der Waals surface area (Å²) >= 11 is 0. The Morgan fingerprint density at radius 2 is 1.40 bits per heavy atom. The van der Waals surface area contributed by atoms with Gasteiger partial charge in [0.25, 0.3) is 0 Å². The van der Waals surface area contributed by atoms with Gasteiger partial charge in [-0.3, -0.25) is 0 Å². The van der Waals surface area contributed by atoms with Crippen molar-refractivity contribution in [1.29, 1.82) is 0 Å². The average Bonchev–Trinajstić information content (AvgIpc) is 2.16. The van der Waals surface area contributed by atoms with Crippen molar-refractivity contribution >= 4 is 11.4 Å². The molecule has 0 radical (unpaired) electrons. The molecule has 1 aromatic rings. The molecule has 0 spiro atoms. The van der Waals surface area contributed by atoms with Gasteiger partial charge in [-0.05, 0) is 35.1 Å². The minimum Gasteiger partial charge on any atom is -0.399 e. The van der Waals surface area contributed by atoms with Crippen molar-refractivity contribution in [2.45, 2.75) is 39.5 Å². The largest absolute Gasteiger partial charge is 0.399 e. The van der Waals surface area contributed by atoms with Crippen LogP contribution in [-0.2, 0) is 0 Å². The van der Waals surface area contributed by atoms with E-state index in [9.17, 15) is 0 Å². The van der Waals surface area contributed by atoms with E-state index in [-0.39, 0.29) is 0 Å². The Bertz CT molecular complexity index is 311. The highest BCUT2D eigenvalue weighted by Gasteiger charge is 2.13. The number of benzene rings is 1. The Kier molecular flexibility index (Phi) is 3.61. The Morgan fingerprint density at radius 1 is 1.00 bits per heavy atom. The fraction of sp³-hybridized carbons (Fsp3) is 0.538. The normalized spacial score (nSPS) is 11.1. The zero-order valence-corrected chi connectivity index (χ0v) is 10.4. The number of nitrogen functional groups attached to an aromatic ring is 1. The van der Waals surface area contributed by atoms with Gasteiger partial charge < -0.3 is 11.1 Å². The lowest BCUT2D eigenvalue weighted by molar-refractivity contribution is 0.838. The van der Waals surface area contributed by atoms with Crippen LogP contribution in [0.15, 0.2) is 12.1 Å². The van der Waals surface area contributed by atoms with Crippen molar-refractivity contribution in [3.63, 3.8) is 0 Å². The summed E-state index contributed by atoms with van der Waals surface area (Å²) in [6, 6.07) is 4.14. The number of hydrogen-bond acceptors (Lipinski definition) is 2. The number of anilines is 2. The maximum Gasteiger partial charge on any atom is 0.0409 e. The first kappa shape index (κ1) is 11.9. The van der Waals surface area contributed by atoms with Gasteiger partial charge in [-0.25, -0.2) is 0 Å². The molecular weight excluding hydrogens is 184 g/mol. The first-order valence-corrected chi connectivity index (χ1v) is 5.58. The molecule has 84 valence electrons. The zero-order chi connectivity index (χ0) is 11.6. The maximum absolute atomic E-state index is 5.93. The van der Waals surface area contributed by atoms with Crippen molar-refractivity contribution in [1.82, 2.24) is 0 Å². The summed E-state index contributed by atoms with van der Waals surface area (Å²) in [6.45, 7) is 8.78. The molecule has 0 aliphatic heterocycles. The van der Waals surface area contributed by atoms with Crippen molar-refractivity contribution in [2.24, 2.45) is 0 Å². The molecule has 2 nitrogen and oxygen atoms in total. The van der Waals surface area contributed by atoms with E-state index in [4.69, 9.17) is 5.73 Å². The third-order valence-corrected chi connectivity index (χ3v) is 2.72. The van der Waals surface area contributed by atoms with Gasteiger partial charge in [-0.2, -0.15) is 0 Å². The van der Waals surface area contributed by atoms with E-state index in [1.807, 2.05) is 7.05 Å². The Morgan fingerprint density at radius 3 is 1.67 bits per heavy atom. The minimum absolute atomic E-state index is 0.494. The van der Waals surface area contributed by atoms with E-state index in [1.165, 1.54) is 16.8 Å². The first-order valence-electron chi connectivity index (χ1n) is 5.58. The van der Waals surface area contributed by atoms with Crippen molar-refractivity contribution in [3.05, 3.63) is 23.3 Å². The predicted molar refractivity (Wildman–Crippen MR) is 68.6 cm³/mol.